The molecular formula is C5H10Cl2O2. The van der Waals surface area contributed by atoms with E-state index >= 15 is 0 Å². The summed E-state index contributed by atoms with van der Waals surface area (Å²) in [5.74, 6) is -0.178. The summed E-state index contributed by atoms with van der Waals surface area (Å²) in [5.41, 5.74) is 0. The molecule has 0 aromatic carbocycles. The first-order valence-corrected chi connectivity index (χ1v) is 3.08. The van der Waals surface area contributed by atoms with Crippen LogP contribution in [0.3, 0.4) is 0 Å². The van der Waals surface area contributed by atoms with Gasteiger partial charge in [-0.3, -0.25) is 4.79 Å². The summed E-state index contributed by atoms with van der Waals surface area (Å²) in [6.07, 6.45) is 1.74. The van der Waals surface area contributed by atoms with Crippen LogP contribution in [0, 0.1) is 0 Å². The molecular weight excluding hydrogens is 163 g/mol. The molecule has 1 N–H and O–H groups in total. The Balaban J connectivity index is 0. The van der Waals surface area contributed by atoms with E-state index < -0.39 is 5.97 Å². The third kappa shape index (κ3) is 11.6. The average Bonchev–Trinajstić information content (AvgIpc) is 1.66. The maximum absolute atomic E-state index is 9.83. The largest absolute Gasteiger partial charge is 0.481 e. The van der Waals surface area contributed by atoms with Gasteiger partial charge in [-0.2, -0.15) is 0 Å². The standard InChI is InChI=1S/C5H9ClO2.ClH/c6-4-2-1-3-5(7)8;/h1-4H2,(H,7,8);1H. The highest BCUT2D eigenvalue weighted by atomic mass is 35.5. The normalized spacial score (nSPS) is 8.11. The first-order valence-electron chi connectivity index (χ1n) is 2.55. The summed E-state index contributed by atoms with van der Waals surface area (Å²) in [6, 6.07) is 0. The minimum Gasteiger partial charge on any atom is -0.481 e. The van der Waals surface area contributed by atoms with E-state index in [9.17, 15) is 4.79 Å². The monoisotopic (exact) mass is 172 g/mol. The molecule has 4 heteroatoms. The zero-order chi connectivity index (χ0) is 6.41. The molecule has 0 aromatic heterocycles. The smallest absolute Gasteiger partial charge is 0.303 e. The molecule has 0 saturated heterocycles. The molecule has 0 unspecified atom stereocenters. The third-order valence-corrected chi connectivity index (χ3v) is 1.04. The lowest BCUT2D eigenvalue weighted by molar-refractivity contribution is -0.137. The number of aliphatic carboxylic acids is 1. The quantitative estimate of drug-likeness (QED) is 0.520. The van der Waals surface area contributed by atoms with Gasteiger partial charge in [0, 0.05) is 12.3 Å². The van der Waals surface area contributed by atoms with Crippen molar-refractivity contribution in [1.82, 2.24) is 0 Å². The molecule has 0 amide bonds. The third-order valence-electron chi connectivity index (χ3n) is 0.774. The maximum atomic E-state index is 9.83. The van der Waals surface area contributed by atoms with Gasteiger partial charge in [-0.1, -0.05) is 0 Å². The lowest BCUT2D eigenvalue weighted by Crippen LogP contribution is -1.93. The van der Waals surface area contributed by atoms with E-state index in [1.54, 1.807) is 0 Å². The molecule has 0 saturated carbocycles. The highest BCUT2D eigenvalue weighted by molar-refractivity contribution is 6.17. The van der Waals surface area contributed by atoms with Crippen LogP contribution in [0.15, 0.2) is 0 Å². The number of alkyl halides is 1. The van der Waals surface area contributed by atoms with E-state index in [1.165, 1.54) is 0 Å². The molecule has 0 bridgehead atoms. The molecule has 0 atom stereocenters. The first kappa shape index (κ1) is 11.8. The summed E-state index contributed by atoms with van der Waals surface area (Å²) < 4.78 is 0. The molecule has 0 rings (SSSR count). The second-order valence-corrected chi connectivity index (χ2v) is 1.92. The molecule has 0 spiro atoms. The molecule has 9 heavy (non-hydrogen) atoms. The van der Waals surface area contributed by atoms with Gasteiger partial charge in [-0.15, -0.1) is 24.0 Å². The Morgan fingerprint density at radius 3 is 2.33 bits per heavy atom. The molecule has 0 fully saturated rings. The van der Waals surface area contributed by atoms with Gasteiger partial charge in [0.25, 0.3) is 0 Å². The molecule has 0 aromatic rings. The summed E-state index contributed by atoms with van der Waals surface area (Å²) in [7, 11) is 0. The Labute approximate surface area is 65.6 Å². The molecule has 0 heterocycles. The van der Waals surface area contributed by atoms with Crippen molar-refractivity contribution >= 4 is 30.0 Å². The number of carbonyl (C=O) groups is 1. The zero-order valence-corrected chi connectivity index (χ0v) is 6.54. The lowest BCUT2D eigenvalue weighted by Gasteiger charge is -1.88. The maximum Gasteiger partial charge on any atom is 0.303 e. The van der Waals surface area contributed by atoms with Gasteiger partial charge < -0.3 is 5.11 Å². The van der Waals surface area contributed by atoms with Crippen molar-refractivity contribution in [2.75, 3.05) is 5.88 Å². The number of hydrogen-bond donors (Lipinski definition) is 1. The van der Waals surface area contributed by atoms with Gasteiger partial charge in [0.2, 0.25) is 0 Å². The number of carboxylic acids is 1. The Kier molecular flexibility index (Phi) is 10.6. The van der Waals surface area contributed by atoms with Gasteiger partial charge in [-0.25, -0.2) is 0 Å². The van der Waals surface area contributed by atoms with Crippen LogP contribution in [0.25, 0.3) is 0 Å². The van der Waals surface area contributed by atoms with Gasteiger partial charge in [0.05, 0.1) is 0 Å². The second-order valence-electron chi connectivity index (χ2n) is 1.54. The van der Waals surface area contributed by atoms with Crippen molar-refractivity contribution in [3.63, 3.8) is 0 Å². The van der Waals surface area contributed by atoms with Crippen LogP contribution in [0.1, 0.15) is 19.3 Å². The van der Waals surface area contributed by atoms with Crippen LogP contribution >= 0.6 is 24.0 Å². The number of rotatable bonds is 4. The Hall–Kier alpha value is 0.0500. The predicted molar refractivity (Wildman–Crippen MR) is 39.5 cm³/mol. The van der Waals surface area contributed by atoms with E-state index in [0.717, 1.165) is 6.42 Å². The predicted octanol–water partition coefficient (Wildman–Crippen LogP) is 1.90. The Bertz CT molecular complexity index is 75.4. The topological polar surface area (TPSA) is 37.3 Å². The highest BCUT2D eigenvalue weighted by Crippen LogP contribution is 1.95. The van der Waals surface area contributed by atoms with Crippen LogP contribution in [-0.4, -0.2) is 17.0 Å². The molecule has 0 aliphatic heterocycles. The summed E-state index contributed by atoms with van der Waals surface area (Å²) in [6.45, 7) is 0. The first-order chi connectivity index (χ1) is 3.77. The van der Waals surface area contributed by atoms with E-state index in [0.29, 0.717) is 12.3 Å². The molecule has 0 aliphatic rings. The number of hydrogen-bond acceptors (Lipinski definition) is 1. The average molecular weight is 173 g/mol. The minimum atomic E-state index is -0.741. The van der Waals surface area contributed by atoms with Crippen LogP contribution in [0.4, 0.5) is 0 Å². The molecule has 0 aliphatic carbocycles. The summed E-state index contributed by atoms with van der Waals surface area (Å²) in [5, 5.41) is 8.10. The number of halogens is 2. The fourth-order valence-electron chi connectivity index (χ4n) is 0.371. The van der Waals surface area contributed by atoms with Crippen molar-refractivity contribution in [1.29, 1.82) is 0 Å². The van der Waals surface area contributed by atoms with E-state index in [4.69, 9.17) is 16.7 Å². The highest BCUT2D eigenvalue weighted by Gasteiger charge is 1.93. The van der Waals surface area contributed by atoms with Crippen molar-refractivity contribution < 1.29 is 9.90 Å². The van der Waals surface area contributed by atoms with Crippen molar-refractivity contribution in [2.24, 2.45) is 0 Å². The number of carboxylic acid groups (broad SMARTS) is 1. The minimum absolute atomic E-state index is 0. The van der Waals surface area contributed by atoms with Crippen molar-refractivity contribution in [3.05, 3.63) is 0 Å². The van der Waals surface area contributed by atoms with E-state index in [-0.39, 0.29) is 18.8 Å². The van der Waals surface area contributed by atoms with Crippen molar-refractivity contribution in [2.45, 2.75) is 19.3 Å². The fraction of sp³-hybridized carbons (Fsp3) is 0.800. The van der Waals surface area contributed by atoms with Crippen LogP contribution < -0.4 is 0 Å². The Morgan fingerprint density at radius 1 is 1.44 bits per heavy atom. The van der Waals surface area contributed by atoms with Crippen LogP contribution in [0.5, 0.6) is 0 Å². The molecule has 0 radical (unpaired) electrons. The van der Waals surface area contributed by atoms with Gasteiger partial charge in [0.1, 0.15) is 0 Å². The molecule has 2 nitrogen and oxygen atoms in total. The van der Waals surface area contributed by atoms with Crippen molar-refractivity contribution in [3.8, 4) is 0 Å². The van der Waals surface area contributed by atoms with Gasteiger partial charge >= 0.3 is 5.97 Å². The Morgan fingerprint density at radius 2 is 2.00 bits per heavy atom. The van der Waals surface area contributed by atoms with Gasteiger partial charge in [0.15, 0.2) is 0 Å². The van der Waals surface area contributed by atoms with Crippen LogP contribution in [0.2, 0.25) is 0 Å². The second kappa shape index (κ2) is 8.05. The summed E-state index contributed by atoms with van der Waals surface area (Å²) >= 11 is 5.29. The zero-order valence-electron chi connectivity index (χ0n) is 4.97. The van der Waals surface area contributed by atoms with Gasteiger partial charge in [-0.05, 0) is 12.8 Å². The molecule has 56 valence electrons. The van der Waals surface area contributed by atoms with E-state index in [1.807, 2.05) is 0 Å². The van der Waals surface area contributed by atoms with E-state index in [2.05, 4.69) is 0 Å². The van der Waals surface area contributed by atoms with Crippen LogP contribution in [-0.2, 0) is 4.79 Å². The summed E-state index contributed by atoms with van der Waals surface area (Å²) in [4.78, 5) is 9.83. The SMILES string of the molecule is Cl.O=C(O)CCCCCl. The lowest BCUT2D eigenvalue weighted by atomic mass is 10.3. The fourth-order valence-corrected chi connectivity index (χ4v) is 0.560. The number of unbranched alkanes of at least 4 members (excludes halogenated alkanes) is 1.